The lowest BCUT2D eigenvalue weighted by atomic mass is 9.44. The first-order valence-electron chi connectivity index (χ1n) is 10.2. The second-order valence-electron chi connectivity index (χ2n) is 9.94. The van der Waals surface area contributed by atoms with Crippen LogP contribution in [0.1, 0.15) is 65.2 Å². The van der Waals surface area contributed by atoms with Crippen LogP contribution in [0.15, 0.2) is 10.6 Å². The van der Waals surface area contributed by atoms with E-state index in [-0.39, 0.29) is 34.5 Å². The van der Waals surface area contributed by atoms with E-state index in [0.717, 1.165) is 19.3 Å². The summed E-state index contributed by atoms with van der Waals surface area (Å²) in [6.45, 7) is 4.00. The molecule has 28 heavy (non-hydrogen) atoms. The van der Waals surface area contributed by atoms with Gasteiger partial charge in [-0.2, -0.15) is 22.0 Å². The number of halogens is 6. The lowest BCUT2D eigenvalue weighted by molar-refractivity contribution is -0.320. The molecule has 6 atom stereocenters. The van der Waals surface area contributed by atoms with Crippen LogP contribution in [-0.4, -0.2) is 17.9 Å². The minimum atomic E-state index is -5.60. The first-order valence-corrected chi connectivity index (χ1v) is 10.6. The minimum Gasteiger partial charge on any atom is -0.293 e. The number of hydrogen-bond donors (Lipinski definition) is 0. The van der Waals surface area contributed by atoms with Crippen molar-refractivity contribution < 1.29 is 26.7 Å². The van der Waals surface area contributed by atoms with Crippen LogP contribution < -0.4 is 0 Å². The molecule has 0 radical (unpaired) electrons. The largest absolute Gasteiger partial charge is 0.453 e. The number of allylic oxidation sites excluding steroid dienone is 1. The van der Waals surface area contributed by atoms with Crippen molar-refractivity contribution in [3.8, 4) is 0 Å². The summed E-state index contributed by atoms with van der Waals surface area (Å²) >= 11 is 6.23. The van der Waals surface area contributed by atoms with E-state index in [4.69, 9.17) is 11.6 Å². The Morgan fingerprint density at radius 2 is 1.68 bits per heavy atom. The van der Waals surface area contributed by atoms with E-state index >= 15 is 0 Å². The molecule has 3 saturated carbocycles. The number of carbonyl (C=O) groups excluding carboxylic acids is 1. The van der Waals surface area contributed by atoms with Crippen molar-refractivity contribution in [3.05, 3.63) is 10.6 Å². The maximum atomic E-state index is 14.8. The van der Waals surface area contributed by atoms with Crippen LogP contribution in [0.5, 0.6) is 0 Å². The van der Waals surface area contributed by atoms with Crippen molar-refractivity contribution in [3.63, 3.8) is 0 Å². The second-order valence-corrected chi connectivity index (χ2v) is 10.3. The fraction of sp³-hybridized carbons (Fsp3) is 0.857. The zero-order chi connectivity index (χ0) is 20.7. The summed E-state index contributed by atoms with van der Waals surface area (Å²) in [4.78, 5) is 12.1. The number of rotatable bonds is 1. The molecular formula is C21H26ClF5O. The van der Waals surface area contributed by atoms with Gasteiger partial charge in [-0.25, -0.2) is 0 Å². The van der Waals surface area contributed by atoms with Crippen LogP contribution in [0.3, 0.4) is 0 Å². The predicted molar refractivity (Wildman–Crippen MR) is 96.0 cm³/mol. The molecular weight excluding hydrogens is 399 g/mol. The molecule has 0 amide bonds. The van der Waals surface area contributed by atoms with Gasteiger partial charge >= 0.3 is 12.1 Å². The molecule has 0 aromatic carbocycles. The Morgan fingerprint density at radius 1 is 1.00 bits per heavy atom. The van der Waals surface area contributed by atoms with Crippen molar-refractivity contribution in [2.75, 3.05) is 0 Å². The molecule has 4 rings (SSSR count). The maximum Gasteiger partial charge on any atom is 0.453 e. The third-order valence-corrected chi connectivity index (χ3v) is 9.17. The molecule has 0 aromatic heterocycles. The lowest BCUT2D eigenvalue weighted by Crippen LogP contribution is -2.59. The first-order chi connectivity index (χ1) is 12.8. The van der Waals surface area contributed by atoms with Crippen LogP contribution in [-0.2, 0) is 4.79 Å². The van der Waals surface area contributed by atoms with Gasteiger partial charge in [-0.05, 0) is 72.7 Å². The van der Waals surface area contributed by atoms with E-state index < -0.39 is 35.8 Å². The SMILES string of the molecule is C[C@@]12CCC[C@H]1[C@@H]1[C@H](C(F)(F)C(F)(F)F)CC3=C(Cl)C(=O)CC[C@]3(C)[C@H]1CC2. The van der Waals surface area contributed by atoms with Gasteiger partial charge in [-0.15, -0.1) is 0 Å². The van der Waals surface area contributed by atoms with Crippen molar-refractivity contribution in [2.24, 2.45) is 34.5 Å². The number of fused-ring (bicyclic) bond motifs is 5. The molecule has 0 bridgehead atoms. The molecule has 0 spiro atoms. The third kappa shape index (κ3) is 2.65. The fourth-order valence-electron chi connectivity index (χ4n) is 7.21. The molecule has 1 nitrogen and oxygen atoms in total. The monoisotopic (exact) mass is 424 g/mol. The lowest BCUT2D eigenvalue weighted by Gasteiger charge is -2.60. The third-order valence-electron chi connectivity index (χ3n) is 8.74. The van der Waals surface area contributed by atoms with Crippen LogP contribution in [0.4, 0.5) is 22.0 Å². The molecule has 0 heterocycles. The van der Waals surface area contributed by atoms with Gasteiger partial charge in [-0.1, -0.05) is 31.9 Å². The van der Waals surface area contributed by atoms with Gasteiger partial charge in [0.1, 0.15) is 0 Å². The quantitative estimate of drug-likeness (QED) is 0.418. The minimum absolute atomic E-state index is 0.0880. The number of hydrogen-bond acceptors (Lipinski definition) is 1. The average Bonchev–Trinajstić information content (AvgIpc) is 2.99. The molecule has 0 N–H and O–H groups in total. The van der Waals surface area contributed by atoms with Gasteiger partial charge in [0.05, 0.1) is 5.03 Å². The zero-order valence-corrected chi connectivity index (χ0v) is 16.9. The molecule has 3 fully saturated rings. The van der Waals surface area contributed by atoms with Crippen LogP contribution in [0.25, 0.3) is 0 Å². The summed E-state index contributed by atoms with van der Waals surface area (Å²) in [5.41, 5.74) is -0.368. The summed E-state index contributed by atoms with van der Waals surface area (Å²) in [5.74, 6) is -8.06. The van der Waals surface area contributed by atoms with Crippen molar-refractivity contribution in [1.29, 1.82) is 0 Å². The summed E-state index contributed by atoms with van der Waals surface area (Å²) in [5, 5.41) is -0.0880. The Hall–Kier alpha value is -0.650. The standard InChI is InChI=1S/C21H26ClF5O/c1-18-7-3-4-11(18)16-12(5-8-18)19(2)9-6-15(28)17(22)14(19)10-13(16)20(23,24)21(25,26)27/h11-13,16H,3-10H2,1-2H3/t11-,12-,13+,16-,18-,19+/m0/s1. The number of carbonyl (C=O) groups is 1. The van der Waals surface area contributed by atoms with Gasteiger partial charge in [0, 0.05) is 12.3 Å². The zero-order valence-electron chi connectivity index (χ0n) is 16.1. The highest BCUT2D eigenvalue weighted by molar-refractivity contribution is 6.43. The number of alkyl halides is 5. The van der Waals surface area contributed by atoms with E-state index in [1.165, 1.54) is 0 Å². The number of ketones is 1. The van der Waals surface area contributed by atoms with E-state index in [1.54, 1.807) is 0 Å². The summed E-state index contributed by atoms with van der Waals surface area (Å²) in [6, 6.07) is 0. The van der Waals surface area contributed by atoms with Gasteiger partial charge < -0.3 is 0 Å². The highest BCUT2D eigenvalue weighted by Crippen LogP contribution is 2.69. The van der Waals surface area contributed by atoms with E-state index in [2.05, 4.69) is 6.92 Å². The van der Waals surface area contributed by atoms with Crippen molar-refractivity contribution in [2.45, 2.75) is 77.3 Å². The van der Waals surface area contributed by atoms with Crippen LogP contribution in [0, 0.1) is 34.5 Å². The van der Waals surface area contributed by atoms with Crippen LogP contribution >= 0.6 is 11.6 Å². The molecule has 0 unspecified atom stereocenters. The number of Topliss-reactive ketones (excluding diaryl/α,β-unsaturated/α-hetero) is 1. The highest BCUT2D eigenvalue weighted by atomic mass is 35.5. The molecule has 158 valence electrons. The van der Waals surface area contributed by atoms with Gasteiger partial charge in [0.25, 0.3) is 0 Å². The van der Waals surface area contributed by atoms with Gasteiger partial charge in [0.2, 0.25) is 0 Å². The van der Waals surface area contributed by atoms with E-state index in [9.17, 15) is 26.7 Å². The molecule has 4 aliphatic rings. The Morgan fingerprint density at radius 3 is 2.32 bits per heavy atom. The Bertz CT molecular complexity index is 729. The predicted octanol–water partition coefficient (Wildman–Crippen LogP) is 6.90. The van der Waals surface area contributed by atoms with Gasteiger partial charge in [0.15, 0.2) is 5.78 Å². The smallest absolute Gasteiger partial charge is 0.293 e. The fourth-order valence-corrected chi connectivity index (χ4v) is 7.60. The summed E-state index contributed by atoms with van der Waals surface area (Å²) in [7, 11) is 0. The molecule has 7 heteroatoms. The van der Waals surface area contributed by atoms with E-state index in [1.807, 2.05) is 6.92 Å². The Balaban J connectivity index is 1.87. The molecule has 4 aliphatic carbocycles. The average molecular weight is 425 g/mol. The molecule has 0 saturated heterocycles. The normalized spacial score (nSPS) is 44.2. The second kappa shape index (κ2) is 6.18. The molecule has 0 aromatic rings. The maximum absolute atomic E-state index is 14.8. The topological polar surface area (TPSA) is 17.1 Å². The van der Waals surface area contributed by atoms with Crippen LogP contribution in [0.2, 0.25) is 0 Å². The summed E-state index contributed by atoms with van der Waals surface area (Å²) in [6.07, 6.45) is -1.34. The Kier molecular flexibility index (Phi) is 4.55. The van der Waals surface area contributed by atoms with E-state index in [0.29, 0.717) is 24.8 Å². The van der Waals surface area contributed by atoms with Crippen molar-refractivity contribution in [1.82, 2.24) is 0 Å². The van der Waals surface area contributed by atoms with Gasteiger partial charge in [-0.3, -0.25) is 4.79 Å². The molecule has 0 aliphatic heterocycles. The Labute approximate surface area is 167 Å². The summed E-state index contributed by atoms with van der Waals surface area (Å²) < 4.78 is 69.9. The van der Waals surface area contributed by atoms with Crippen molar-refractivity contribution >= 4 is 17.4 Å². The highest BCUT2D eigenvalue weighted by Gasteiger charge is 2.70. The first kappa shape index (κ1) is 20.6.